The summed E-state index contributed by atoms with van der Waals surface area (Å²) in [5.74, 6) is -1.41. The van der Waals surface area contributed by atoms with Crippen molar-refractivity contribution in [1.29, 1.82) is 5.26 Å². The van der Waals surface area contributed by atoms with E-state index in [1.807, 2.05) is 13.0 Å². The van der Waals surface area contributed by atoms with Gasteiger partial charge in [-0.1, -0.05) is 12.1 Å². The molecule has 2 N–H and O–H groups in total. The molecule has 1 aromatic carbocycles. The van der Waals surface area contributed by atoms with Crippen molar-refractivity contribution in [2.45, 2.75) is 6.92 Å². The Morgan fingerprint density at radius 1 is 1.14 bits per heavy atom. The standard InChI is InChI=1S/C15H12N4O2/c1-10-6-7-17-13(8-10)19-15(21)14(20)18-12-5-3-2-4-11(12)9-16/h2-8H,1H3,(H,18,20)(H,17,19,21). The fourth-order valence-electron chi connectivity index (χ4n) is 1.65. The molecule has 0 unspecified atom stereocenters. The number of amides is 2. The van der Waals surface area contributed by atoms with E-state index in [1.165, 1.54) is 6.20 Å². The second-order valence-electron chi connectivity index (χ2n) is 4.28. The van der Waals surface area contributed by atoms with Crippen molar-refractivity contribution in [1.82, 2.24) is 4.98 Å². The third-order valence-corrected chi connectivity index (χ3v) is 2.66. The number of nitriles is 1. The molecule has 1 aromatic heterocycles. The maximum atomic E-state index is 11.8. The molecule has 0 atom stereocenters. The Balaban J connectivity index is 2.07. The lowest BCUT2D eigenvalue weighted by Crippen LogP contribution is -2.29. The van der Waals surface area contributed by atoms with Crippen LogP contribution in [-0.4, -0.2) is 16.8 Å². The van der Waals surface area contributed by atoms with E-state index in [9.17, 15) is 9.59 Å². The zero-order valence-corrected chi connectivity index (χ0v) is 11.3. The lowest BCUT2D eigenvalue weighted by Gasteiger charge is -2.07. The normalized spacial score (nSPS) is 9.52. The Labute approximate surface area is 121 Å². The summed E-state index contributed by atoms with van der Waals surface area (Å²) in [6.45, 7) is 1.85. The third kappa shape index (κ3) is 3.64. The van der Waals surface area contributed by atoms with Crippen molar-refractivity contribution in [3.05, 3.63) is 53.7 Å². The molecule has 0 bridgehead atoms. The summed E-state index contributed by atoms with van der Waals surface area (Å²) in [4.78, 5) is 27.5. The smallest absolute Gasteiger partial charge is 0.315 e. The molecule has 0 aliphatic rings. The molecule has 0 aliphatic carbocycles. The van der Waals surface area contributed by atoms with Crippen LogP contribution in [0.15, 0.2) is 42.6 Å². The van der Waals surface area contributed by atoms with Gasteiger partial charge in [0.2, 0.25) is 0 Å². The van der Waals surface area contributed by atoms with Crippen LogP contribution >= 0.6 is 0 Å². The minimum atomic E-state index is -0.860. The molecule has 1 heterocycles. The van der Waals surface area contributed by atoms with Gasteiger partial charge < -0.3 is 10.6 Å². The van der Waals surface area contributed by atoms with Gasteiger partial charge in [-0.05, 0) is 36.8 Å². The second kappa shape index (κ2) is 6.30. The van der Waals surface area contributed by atoms with Crippen molar-refractivity contribution in [2.24, 2.45) is 0 Å². The molecule has 2 aromatic rings. The maximum absolute atomic E-state index is 11.8. The Hall–Kier alpha value is -3.20. The molecular weight excluding hydrogens is 268 g/mol. The van der Waals surface area contributed by atoms with E-state index < -0.39 is 11.8 Å². The molecule has 0 aliphatic heterocycles. The highest BCUT2D eigenvalue weighted by Gasteiger charge is 2.15. The summed E-state index contributed by atoms with van der Waals surface area (Å²) < 4.78 is 0. The molecule has 2 rings (SSSR count). The van der Waals surface area contributed by atoms with Crippen LogP contribution in [0.2, 0.25) is 0 Å². The molecular formula is C15H12N4O2. The summed E-state index contributed by atoms with van der Waals surface area (Å²) in [6, 6.07) is 11.8. The van der Waals surface area contributed by atoms with E-state index in [2.05, 4.69) is 15.6 Å². The number of nitrogens with one attached hydrogen (secondary N) is 2. The van der Waals surface area contributed by atoms with Crippen LogP contribution < -0.4 is 10.6 Å². The predicted octanol–water partition coefficient (Wildman–Crippen LogP) is 1.84. The predicted molar refractivity (Wildman–Crippen MR) is 77.4 cm³/mol. The van der Waals surface area contributed by atoms with Crippen molar-refractivity contribution in [3.63, 3.8) is 0 Å². The van der Waals surface area contributed by atoms with Crippen LogP contribution in [0, 0.1) is 18.3 Å². The molecule has 0 spiro atoms. The van der Waals surface area contributed by atoms with Gasteiger partial charge in [0.25, 0.3) is 0 Å². The lowest BCUT2D eigenvalue weighted by molar-refractivity contribution is -0.133. The first kappa shape index (κ1) is 14.2. The number of hydrogen-bond acceptors (Lipinski definition) is 4. The first-order chi connectivity index (χ1) is 10.1. The minimum Gasteiger partial charge on any atom is -0.317 e. The van der Waals surface area contributed by atoms with E-state index in [1.54, 1.807) is 36.4 Å². The Bertz CT molecular complexity index is 734. The largest absolute Gasteiger partial charge is 0.317 e. The van der Waals surface area contributed by atoms with Gasteiger partial charge in [-0.15, -0.1) is 0 Å². The van der Waals surface area contributed by atoms with Crippen LogP contribution in [0.5, 0.6) is 0 Å². The van der Waals surface area contributed by atoms with E-state index in [-0.39, 0.29) is 11.3 Å². The number of hydrogen-bond donors (Lipinski definition) is 2. The molecule has 6 nitrogen and oxygen atoms in total. The van der Waals surface area contributed by atoms with Gasteiger partial charge in [0, 0.05) is 6.20 Å². The van der Waals surface area contributed by atoms with Crippen LogP contribution in [0.1, 0.15) is 11.1 Å². The molecule has 0 radical (unpaired) electrons. The van der Waals surface area contributed by atoms with Gasteiger partial charge in [-0.25, -0.2) is 4.98 Å². The number of rotatable bonds is 2. The number of para-hydroxylation sites is 1. The van der Waals surface area contributed by atoms with Crippen molar-refractivity contribution in [2.75, 3.05) is 10.6 Å². The van der Waals surface area contributed by atoms with Crippen LogP contribution in [-0.2, 0) is 9.59 Å². The number of carbonyl (C=O) groups excluding carboxylic acids is 2. The average molecular weight is 280 g/mol. The average Bonchev–Trinajstić information content (AvgIpc) is 2.47. The van der Waals surface area contributed by atoms with E-state index >= 15 is 0 Å². The molecule has 0 saturated heterocycles. The van der Waals surface area contributed by atoms with Gasteiger partial charge in [-0.2, -0.15) is 5.26 Å². The third-order valence-electron chi connectivity index (χ3n) is 2.66. The van der Waals surface area contributed by atoms with Crippen molar-refractivity contribution < 1.29 is 9.59 Å². The highest BCUT2D eigenvalue weighted by atomic mass is 16.2. The van der Waals surface area contributed by atoms with Gasteiger partial charge >= 0.3 is 11.8 Å². The van der Waals surface area contributed by atoms with Gasteiger partial charge in [0.05, 0.1) is 11.3 Å². The summed E-state index contributed by atoms with van der Waals surface area (Å²) in [5.41, 5.74) is 1.49. The highest BCUT2D eigenvalue weighted by molar-refractivity contribution is 6.43. The number of pyridine rings is 1. The minimum absolute atomic E-state index is 0.285. The second-order valence-corrected chi connectivity index (χ2v) is 4.28. The number of carbonyl (C=O) groups is 2. The van der Waals surface area contributed by atoms with E-state index in [0.717, 1.165) is 5.56 Å². The van der Waals surface area contributed by atoms with Gasteiger partial charge in [0.15, 0.2) is 0 Å². The number of aromatic nitrogens is 1. The Morgan fingerprint density at radius 3 is 2.57 bits per heavy atom. The highest BCUT2D eigenvalue weighted by Crippen LogP contribution is 2.13. The number of nitrogens with zero attached hydrogens (tertiary/aromatic N) is 2. The molecule has 0 fully saturated rings. The first-order valence-corrected chi connectivity index (χ1v) is 6.14. The topological polar surface area (TPSA) is 94.9 Å². The summed E-state index contributed by atoms with van der Waals surface area (Å²) in [5, 5.41) is 13.7. The zero-order valence-electron chi connectivity index (χ0n) is 11.3. The Kier molecular flexibility index (Phi) is 4.26. The van der Waals surface area contributed by atoms with E-state index in [0.29, 0.717) is 5.82 Å². The van der Waals surface area contributed by atoms with Crippen molar-refractivity contribution >= 4 is 23.3 Å². The van der Waals surface area contributed by atoms with E-state index in [4.69, 9.17) is 5.26 Å². The quantitative estimate of drug-likeness (QED) is 0.820. The van der Waals surface area contributed by atoms with Crippen LogP contribution in [0.3, 0.4) is 0 Å². The Morgan fingerprint density at radius 2 is 1.86 bits per heavy atom. The number of aryl methyl sites for hydroxylation is 1. The molecule has 21 heavy (non-hydrogen) atoms. The molecule has 104 valence electrons. The summed E-state index contributed by atoms with van der Waals surface area (Å²) in [6.07, 6.45) is 1.54. The summed E-state index contributed by atoms with van der Waals surface area (Å²) >= 11 is 0. The van der Waals surface area contributed by atoms with Gasteiger partial charge in [-0.3, -0.25) is 9.59 Å². The number of benzene rings is 1. The molecule has 0 saturated carbocycles. The maximum Gasteiger partial charge on any atom is 0.315 e. The number of anilines is 2. The van der Waals surface area contributed by atoms with Crippen molar-refractivity contribution in [3.8, 4) is 6.07 Å². The lowest BCUT2D eigenvalue weighted by atomic mass is 10.2. The summed E-state index contributed by atoms with van der Waals surface area (Å²) in [7, 11) is 0. The zero-order chi connectivity index (χ0) is 15.2. The van der Waals surface area contributed by atoms with Gasteiger partial charge in [0.1, 0.15) is 11.9 Å². The fraction of sp³-hybridized carbons (Fsp3) is 0.0667. The molecule has 6 heteroatoms. The first-order valence-electron chi connectivity index (χ1n) is 6.14. The SMILES string of the molecule is Cc1ccnc(NC(=O)C(=O)Nc2ccccc2C#N)c1. The van der Waals surface area contributed by atoms with Crippen LogP contribution in [0.4, 0.5) is 11.5 Å². The van der Waals surface area contributed by atoms with Crippen LogP contribution in [0.25, 0.3) is 0 Å². The monoisotopic (exact) mass is 280 g/mol. The molecule has 2 amide bonds. The fourth-order valence-corrected chi connectivity index (χ4v) is 1.65.